The maximum absolute atomic E-state index is 13.6. The molecule has 0 saturated heterocycles. The van der Waals surface area contributed by atoms with Crippen molar-refractivity contribution >= 4 is 22.8 Å². The molecule has 0 aliphatic rings. The first-order valence-corrected chi connectivity index (χ1v) is 7.52. The summed E-state index contributed by atoms with van der Waals surface area (Å²) in [5.41, 5.74) is 1.47. The smallest absolute Gasteiger partial charge is 0.408 e. The first kappa shape index (κ1) is 16.7. The van der Waals surface area contributed by atoms with Gasteiger partial charge in [0.1, 0.15) is 5.82 Å². The summed E-state index contributed by atoms with van der Waals surface area (Å²) in [6, 6.07) is 10.0. The van der Waals surface area contributed by atoms with Crippen LogP contribution in [0.4, 0.5) is 14.9 Å². The van der Waals surface area contributed by atoms with Crippen molar-refractivity contribution in [3.8, 4) is 0 Å². The lowest BCUT2D eigenvalue weighted by atomic mass is 10.1. The Labute approximate surface area is 141 Å². The highest BCUT2D eigenvalue weighted by molar-refractivity contribution is 5.91. The van der Waals surface area contributed by atoms with Gasteiger partial charge in [0, 0.05) is 30.9 Å². The lowest BCUT2D eigenvalue weighted by Crippen LogP contribution is -2.32. The van der Waals surface area contributed by atoms with Crippen molar-refractivity contribution in [2.45, 2.75) is 6.10 Å². The fourth-order valence-electron chi connectivity index (χ4n) is 2.43. The molecule has 2 aromatic carbocycles. The molecule has 0 radical (unpaired) electrons. The van der Waals surface area contributed by atoms with Gasteiger partial charge >= 0.3 is 11.8 Å². The lowest BCUT2D eigenvalue weighted by Gasteiger charge is -2.13. The van der Waals surface area contributed by atoms with E-state index in [1.807, 2.05) is 0 Å². The fraction of sp³-hybridized carbons (Fsp3) is 0.176. The van der Waals surface area contributed by atoms with E-state index in [1.54, 1.807) is 25.2 Å². The Morgan fingerprint density at radius 2 is 2.08 bits per heavy atom. The number of fused-ring (bicyclic) bond motifs is 1. The van der Waals surface area contributed by atoms with Gasteiger partial charge in [0.25, 0.3) is 0 Å². The number of hydrogen-bond acceptors (Lipinski definition) is 4. The van der Waals surface area contributed by atoms with E-state index in [0.29, 0.717) is 16.8 Å². The molecule has 1 heterocycles. The fourth-order valence-corrected chi connectivity index (χ4v) is 2.43. The Hall–Kier alpha value is -3.13. The average Bonchev–Trinajstić information content (AvgIpc) is 2.87. The van der Waals surface area contributed by atoms with Gasteiger partial charge in [0.05, 0.1) is 11.6 Å². The van der Waals surface area contributed by atoms with Crippen molar-refractivity contribution in [2.24, 2.45) is 7.05 Å². The number of rotatable bonds is 4. The number of benzene rings is 2. The topological polar surface area (TPSA) is 96.5 Å². The number of aliphatic hydroxyl groups is 1. The molecule has 3 aromatic rings. The van der Waals surface area contributed by atoms with E-state index in [0.717, 1.165) is 0 Å². The number of halogens is 1. The molecule has 0 bridgehead atoms. The molecule has 0 aliphatic heterocycles. The number of carbonyl (C=O) groups is 1. The predicted molar refractivity (Wildman–Crippen MR) is 89.8 cm³/mol. The molecule has 7 nitrogen and oxygen atoms in total. The van der Waals surface area contributed by atoms with Gasteiger partial charge in [-0.1, -0.05) is 18.2 Å². The molecule has 2 amide bonds. The van der Waals surface area contributed by atoms with Gasteiger partial charge in [-0.25, -0.2) is 14.0 Å². The van der Waals surface area contributed by atoms with Crippen LogP contribution in [0.5, 0.6) is 0 Å². The molecule has 3 rings (SSSR count). The van der Waals surface area contributed by atoms with Gasteiger partial charge < -0.3 is 20.2 Å². The van der Waals surface area contributed by atoms with Crippen molar-refractivity contribution in [1.29, 1.82) is 0 Å². The highest BCUT2D eigenvalue weighted by Gasteiger charge is 2.14. The third-order valence-corrected chi connectivity index (χ3v) is 3.77. The highest BCUT2D eigenvalue weighted by atomic mass is 19.1. The highest BCUT2D eigenvalue weighted by Crippen LogP contribution is 2.18. The second kappa shape index (κ2) is 6.78. The molecular weight excluding hydrogens is 329 g/mol. The minimum atomic E-state index is -1.17. The normalized spacial score (nSPS) is 12.1. The molecule has 0 aliphatic carbocycles. The van der Waals surface area contributed by atoms with Gasteiger partial charge in [0.2, 0.25) is 0 Å². The molecular formula is C17H16FN3O4. The van der Waals surface area contributed by atoms with Crippen LogP contribution < -0.4 is 16.4 Å². The zero-order valence-electron chi connectivity index (χ0n) is 13.3. The van der Waals surface area contributed by atoms with Crippen molar-refractivity contribution in [1.82, 2.24) is 9.88 Å². The SMILES string of the molecule is Cn1c(=O)oc2cc(NC(=O)NCC(O)c3ccccc3F)ccc21. The van der Waals surface area contributed by atoms with E-state index in [1.165, 1.54) is 28.8 Å². The Bertz CT molecular complexity index is 979. The van der Waals surface area contributed by atoms with Crippen LogP contribution in [0.1, 0.15) is 11.7 Å². The Balaban J connectivity index is 1.63. The Morgan fingerprint density at radius 1 is 1.32 bits per heavy atom. The number of amides is 2. The number of aliphatic hydroxyl groups excluding tert-OH is 1. The van der Waals surface area contributed by atoms with Gasteiger partial charge in [-0.15, -0.1) is 0 Å². The first-order chi connectivity index (χ1) is 12.0. The van der Waals surface area contributed by atoms with E-state index in [2.05, 4.69) is 10.6 Å². The molecule has 0 spiro atoms. The quantitative estimate of drug-likeness (QED) is 0.675. The molecule has 1 aromatic heterocycles. The van der Waals surface area contributed by atoms with E-state index in [9.17, 15) is 19.1 Å². The number of nitrogens with one attached hydrogen (secondary N) is 2. The second-order valence-electron chi connectivity index (χ2n) is 5.48. The summed E-state index contributed by atoms with van der Waals surface area (Å²) < 4.78 is 20.0. The summed E-state index contributed by atoms with van der Waals surface area (Å²) in [5, 5.41) is 15.0. The lowest BCUT2D eigenvalue weighted by molar-refractivity contribution is 0.170. The molecule has 1 unspecified atom stereocenters. The van der Waals surface area contributed by atoms with Crippen LogP contribution >= 0.6 is 0 Å². The zero-order chi connectivity index (χ0) is 18.0. The average molecular weight is 345 g/mol. The minimum Gasteiger partial charge on any atom is -0.408 e. The summed E-state index contributed by atoms with van der Waals surface area (Å²) in [7, 11) is 1.58. The molecule has 3 N–H and O–H groups in total. The van der Waals surface area contributed by atoms with Crippen LogP contribution in [-0.4, -0.2) is 22.2 Å². The number of nitrogens with zero attached hydrogens (tertiary/aromatic N) is 1. The maximum Gasteiger partial charge on any atom is 0.419 e. The van der Waals surface area contributed by atoms with Crippen molar-refractivity contribution in [3.05, 3.63) is 64.4 Å². The second-order valence-corrected chi connectivity index (χ2v) is 5.48. The molecule has 1 atom stereocenters. The van der Waals surface area contributed by atoms with Gasteiger partial charge in [-0.2, -0.15) is 0 Å². The van der Waals surface area contributed by atoms with Gasteiger partial charge in [0.15, 0.2) is 5.58 Å². The molecule has 8 heteroatoms. The van der Waals surface area contributed by atoms with E-state index in [4.69, 9.17) is 4.42 Å². The third-order valence-electron chi connectivity index (χ3n) is 3.77. The molecule has 0 saturated carbocycles. The number of carbonyl (C=O) groups excluding carboxylic acids is 1. The van der Waals surface area contributed by atoms with Crippen molar-refractivity contribution in [3.63, 3.8) is 0 Å². The van der Waals surface area contributed by atoms with Crippen LogP contribution in [0, 0.1) is 5.82 Å². The van der Waals surface area contributed by atoms with E-state index in [-0.39, 0.29) is 12.1 Å². The minimum absolute atomic E-state index is 0.107. The van der Waals surface area contributed by atoms with Gasteiger partial charge in [-0.3, -0.25) is 4.57 Å². The summed E-state index contributed by atoms with van der Waals surface area (Å²) in [5.74, 6) is -1.04. The number of aryl methyl sites for hydroxylation is 1. The predicted octanol–water partition coefficient (Wildman–Crippen LogP) is 2.13. The van der Waals surface area contributed by atoms with Crippen LogP contribution in [0.3, 0.4) is 0 Å². The number of anilines is 1. The zero-order valence-corrected chi connectivity index (χ0v) is 13.3. The molecule has 25 heavy (non-hydrogen) atoms. The third kappa shape index (κ3) is 3.53. The first-order valence-electron chi connectivity index (χ1n) is 7.52. The summed E-state index contributed by atoms with van der Waals surface area (Å²) in [6.45, 7) is -0.157. The monoisotopic (exact) mass is 345 g/mol. The number of aromatic nitrogens is 1. The van der Waals surface area contributed by atoms with Crippen LogP contribution in [0.15, 0.2) is 51.7 Å². The van der Waals surface area contributed by atoms with Crippen molar-refractivity contribution < 1.29 is 18.7 Å². The largest absolute Gasteiger partial charge is 0.419 e. The Kier molecular flexibility index (Phi) is 4.53. The number of oxazole rings is 1. The van der Waals surface area contributed by atoms with E-state index < -0.39 is 23.7 Å². The number of hydrogen-bond donors (Lipinski definition) is 3. The summed E-state index contributed by atoms with van der Waals surface area (Å²) in [4.78, 5) is 23.4. The number of urea groups is 1. The van der Waals surface area contributed by atoms with Crippen LogP contribution in [-0.2, 0) is 7.05 Å². The Morgan fingerprint density at radius 3 is 2.84 bits per heavy atom. The standard InChI is InChI=1S/C17H16FN3O4/c1-21-13-7-6-10(8-15(13)25-17(21)24)20-16(23)19-9-14(22)11-4-2-3-5-12(11)18/h2-8,14,22H,9H2,1H3,(H2,19,20,23). The van der Waals surface area contributed by atoms with Crippen LogP contribution in [0.25, 0.3) is 11.1 Å². The van der Waals surface area contributed by atoms with Crippen LogP contribution in [0.2, 0.25) is 0 Å². The molecule has 130 valence electrons. The summed E-state index contributed by atoms with van der Waals surface area (Å²) >= 11 is 0. The summed E-state index contributed by atoms with van der Waals surface area (Å²) in [6.07, 6.45) is -1.17. The van der Waals surface area contributed by atoms with Crippen molar-refractivity contribution in [2.75, 3.05) is 11.9 Å². The molecule has 0 fully saturated rings. The van der Waals surface area contributed by atoms with Gasteiger partial charge in [-0.05, 0) is 18.2 Å². The van der Waals surface area contributed by atoms with E-state index >= 15 is 0 Å². The maximum atomic E-state index is 13.6.